The van der Waals surface area contributed by atoms with Crippen molar-refractivity contribution < 1.29 is 9.53 Å². The molecule has 56 valence electrons. The van der Waals surface area contributed by atoms with Crippen molar-refractivity contribution in [1.29, 1.82) is 0 Å². The maximum atomic E-state index is 10.3. The van der Waals surface area contributed by atoms with Gasteiger partial charge in [0, 0.05) is 6.92 Å². The Morgan fingerprint density at radius 1 is 1.90 bits per heavy atom. The van der Waals surface area contributed by atoms with Crippen LogP contribution in [-0.4, -0.2) is 31.5 Å². The molecule has 0 aromatic rings. The van der Waals surface area contributed by atoms with Crippen molar-refractivity contribution in [2.45, 2.75) is 6.92 Å². The minimum absolute atomic E-state index is 0.0265. The van der Waals surface area contributed by atoms with Gasteiger partial charge in [-0.15, -0.1) is 0 Å². The molecule has 1 heterocycles. The lowest BCUT2D eigenvalue weighted by Gasteiger charge is -1.99. The van der Waals surface area contributed by atoms with Crippen molar-refractivity contribution in [2.75, 3.05) is 19.7 Å². The third-order valence-corrected chi connectivity index (χ3v) is 1.03. The van der Waals surface area contributed by atoms with Gasteiger partial charge in [-0.2, -0.15) is 0 Å². The molecule has 1 N–H and O–H groups in total. The van der Waals surface area contributed by atoms with Crippen molar-refractivity contribution in [2.24, 2.45) is 4.99 Å². The van der Waals surface area contributed by atoms with E-state index < -0.39 is 0 Å². The van der Waals surface area contributed by atoms with Crippen molar-refractivity contribution in [3.63, 3.8) is 0 Å². The Morgan fingerprint density at radius 3 is 3.10 bits per heavy atom. The minimum atomic E-state index is -0.0265. The number of ether oxygens (including phenoxy) is 1. The fourth-order valence-electron chi connectivity index (χ4n) is 0.519. The monoisotopic (exact) mass is 142 g/mol. The number of aliphatic imine (C=N–C) groups is 1. The fraction of sp³-hybridized carbons (Fsp3) is 0.667. The first-order valence-corrected chi connectivity index (χ1v) is 3.19. The fourth-order valence-corrected chi connectivity index (χ4v) is 0.519. The summed E-state index contributed by atoms with van der Waals surface area (Å²) in [6, 6.07) is 0. The van der Waals surface area contributed by atoms with Crippen LogP contribution in [-0.2, 0) is 9.53 Å². The molecular weight excluding hydrogens is 132 g/mol. The molecule has 0 aromatic heterocycles. The van der Waals surface area contributed by atoms with Crippen molar-refractivity contribution in [3.05, 3.63) is 0 Å². The van der Waals surface area contributed by atoms with Gasteiger partial charge in [0.1, 0.15) is 13.2 Å². The van der Waals surface area contributed by atoms with Gasteiger partial charge in [0.2, 0.25) is 11.8 Å². The second-order valence-electron chi connectivity index (χ2n) is 2.04. The molecule has 0 unspecified atom stereocenters. The third-order valence-electron chi connectivity index (χ3n) is 1.03. The quantitative estimate of drug-likeness (QED) is 0.543. The van der Waals surface area contributed by atoms with E-state index in [0.29, 0.717) is 13.2 Å². The summed E-state index contributed by atoms with van der Waals surface area (Å²) >= 11 is 0. The van der Waals surface area contributed by atoms with E-state index in [9.17, 15) is 4.79 Å². The van der Waals surface area contributed by atoms with Crippen LogP contribution in [0.1, 0.15) is 6.92 Å². The average Bonchev–Trinajstić information content (AvgIpc) is 2.62. The number of nitrogens with one attached hydrogen (secondary N) is 1. The number of hydrogen-bond donors (Lipinski definition) is 1. The summed E-state index contributed by atoms with van der Waals surface area (Å²) in [5, 5.41) is 2.61. The predicted octanol–water partition coefficient (Wildman–Crippen LogP) is -0.449. The Balaban J connectivity index is 1.85. The molecule has 0 saturated heterocycles. The van der Waals surface area contributed by atoms with Crippen molar-refractivity contribution in [1.82, 2.24) is 5.32 Å². The van der Waals surface area contributed by atoms with Crippen LogP contribution in [0.15, 0.2) is 4.99 Å². The van der Waals surface area contributed by atoms with Gasteiger partial charge >= 0.3 is 0 Å². The molecule has 4 nitrogen and oxygen atoms in total. The molecule has 1 amide bonds. The lowest BCUT2D eigenvalue weighted by atomic mass is 10.6. The highest BCUT2D eigenvalue weighted by Crippen LogP contribution is 1.96. The second-order valence-corrected chi connectivity index (χ2v) is 2.04. The summed E-state index contributed by atoms with van der Waals surface area (Å²) in [4.78, 5) is 14.1. The van der Waals surface area contributed by atoms with Crippen LogP contribution in [0.3, 0.4) is 0 Å². The van der Waals surface area contributed by atoms with E-state index in [1.54, 1.807) is 0 Å². The lowest BCUT2D eigenvalue weighted by molar-refractivity contribution is -0.119. The predicted molar refractivity (Wildman–Crippen MR) is 36.9 cm³/mol. The Labute approximate surface area is 59.3 Å². The zero-order chi connectivity index (χ0) is 7.40. The van der Waals surface area contributed by atoms with Crippen LogP contribution in [0.4, 0.5) is 0 Å². The molecule has 4 heteroatoms. The normalized spacial score (nSPS) is 13.9. The van der Waals surface area contributed by atoms with Gasteiger partial charge in [-0.05, 0) is 0 Å². The molecule has 1 rings (SSSR count). The summed E-state index contributed by atoms with van der Waals surface area (Å²) < 4.78 is 5.04. The zero-order valence-corrected chi connectivity index (χ0v) is 5.89. The molecule has 0 spiro atoms. The molecule has 1 aliphatic heterocycles. The van der Waals surface area contributed by atoms with Crippen LogP contribution in [0, 0.1) is 0 Å². The number of carbonyl (C=O) groups excluding carboxylic acids is 1. The highest BCUT2D eigenvalue weighted by molar-refractivity contribution is 5.89. The standard InChI is InChI=1S/C6H10N2O2/c1-5(9)7-2-3-10-6-4-8-6/h2-4H2,1H3,(H,7,9). The topological polar surface area (TPSA) is 50.7 Å². The van der Waals surface area contributed by atoms with E-state index in [1.807, 2.05) is 0 Å². The zero-order valence-electron chi connectivity index (χ0n) is 5.89. The maximum absolute atomic E-state index is 10.3. The summed E-state index contributed by atoms with van der Waals surface area (Å²) in [5.41, 5.74) is 0. The van der Waals surface area contributed by atoms with Crippen LogP contribution >= 0.6 is 0 Å². The molecule has 1 aliphatic rings. The Morgan fingerprint density at radius 2 is 2.60 bits per heavy atom. The van der Waals surface area contributed by atoms with Crippen molar-refractivity contribution in [3.8, 4) is 0 Å². The van der Waals surface area contributed by atoms with Gasteiger partial charge in [-0.25, -0.2) is 4.99 Å². The molecule has 0 aliphatic carbocycles. The van der Waals surface area contributed by atoms with Crippen LogP contribution in [0.5, 0.6) is 0 Å². The second kappa shape index (κ2) is 3.20. The largest absolute Gasteiger partial charge is 0.478 e. The molecule has 0 aromatic carbocycles. The van der Waals surface area contributed by atoms with E-state index in [-0.39, 0.29) is 5.91 Å². The number of hydrogen-bond acceptors (Lipinski definition) is 3. The SMILES string of the molecule is CC(=O)NCCOC1=NC1. The van der Waals surface area contributed by atoms with Gasteiger partial charge in [-0.1, -0.05) is 0 Å². The van der Waals surface area contributed by atoms with Gasteiger partial charge < -0.3 is 10.1 Å². The molecule has 0 fully saturated rings. The first-order valence-electron chi connectivity index (χ1n) is 3.19. The molecular formula is C6H10N2O2. The third kappa shape index (κ3) is 3.06. The van der Waals surface area contributed by atoms with E-state index in [1.165, 1.54) is 6.92 Å². The highest BCUT2D eigenvalue weighted by Gasteiger charge is 2.09. The Hall–Kier alpha value is -1.06. The number of carbonyl (C=O) groups is 1. The molecule has 0 saturated carbocycles. The summed E-state index contributed by atoms with van der Waals surface area (Å²) in [7, 11) is 0. The number of nitrogens with zero attached hydrogens (tertiary/aromatic N) is 1. The van der Waals surface area contributed by atoms with Gasteiger partial charge in [0.15, 0.2) is 0 Å². The summed E-state index contributed by atoms with van der Waals surface area (Å²) in [5.74, 6) is 0.770. The van der Waals surface area contributed by atoms with Gasteiger partial charge in [0.25, 0.3) is 0 Å². The van der Waals surface area contributed by atoms with Gasteiger partial charge in [0.05, 0.1) is 6.54 Å². The average molecular weight is 142 g/mol. The Bertz CT molecular complexity index is 161. The van der Waals surface area contributed by atoms with E-state index in [4.69, 9.17) is 4.74 Å². The number of rotatable bonds is 3. The molecule has 0 bridgehead atoms. The van der Waals surface area contributed by atoms with Crippen LogP contribution in [0.2, 0.25) is 0 Å². The van der Waals surface area contributed by atoms with Crippen LogP contribution in [0.25, 0.3) is 0 Å². The highest BCUT2D eigenvalue weighted by atomic mass is 16.5. The molecule has 10 heavy (non-hydrogen) atoms. The molecule has 0 radical (unpaired) electrons. The first kappa shape index (κ1) is 7.05. The summed E-state index contributed by atoms with van der Waals surface area (Å²) in [6.07, 6.45) is 0. The minimum Gasteiger partial charge on any atom is -0.478 e. The van der Waals surface area contributed by atoms with Crippen molar-refractivity contribution >= 4 is 11.8 Å². The summed E-state index contributed by atoms with van der Waals surface area (Å²) in [6.45, 7) is 3.31. The maximum Gasteiger partial charge on any atom is 0.216 e. The first-order chi connectivity index (χ1) is 4.79. The molecule has 0 atom stereocenters. The lowest BCUT2D eigenvalue weighted by Crippen LogP contribution is -2.24. The number of amides is 1. The smallest absolute Gasteiger partial charge is 0.216 e. The van der Waals surface area contributed by atoms with E-state index in [0.717, 1.165) is 12.4 Å². The van der Waals surface area contributed by atoms with E-state index >= 15 is 0 Å². The van der Waals surface area contributed by atoms with Crippen LogP contribution < -0.4 is 5.32 Å². The van der Waals surface area contributed by atoms with Gasteiger partial charge in [-0.3, -0.25) is 4.79 Å². The Kier molecular flexibility index (Phi) is 2.25. The van der Waals surface area contributed by atoms with E-state index in [2.05, 4.69) is 10.3 Å².